The average Bonchev–Trinajstić information content (AvgIpc) is 2.34. The van der Waals surface area contributed by atoms with E-state index in [0.29, 0.717) is 6.54 Å². The van der Waals surface area contributed by atoms with Gasteiger partial charge in [-0.25, -0.2) is 0 Å². The Labute approximate surface area is 111 Å². The quantitative estimate of drug-likeness (QED) is 0.882. The van der Waals surface area contributed by atoms with Crippen molar-refractivity contribution in [2.45, 2.75) is 32.5 Å². The van der Waals surface area contributed by atoms with Crippen LogP contribution in [0.5, 0.6) is 0 Å². The van der Waals surface area contributed by atoms with Gasteiger partial charge >= 0.3 is 0 Å². The van der Waals surface area contributed by atoms with Crippen molar-refractivity contribution in [2.75, 3.05) is 26.7 Å². The first-order valence-corrected chi connectivity index (χ1v) is 6.73. The number of hydrogen-bond acceptors (Lipinski definition) is 3. The first-order chi connectivity index (χ1) is 8.51. The van der Waals surface area contributed by atoms with Crippen LogP contribution < -0.4 is 5.73 Å². The highest BCUT2D eigenvalue weighted by Crippen LogP contribution is 2.20. The van der Waals surface area contributed by atoms with Crippen molar-refractivity contribution >= 4 is 0 Å². The van der Waals surface area contributed by atoms with Gasteiger partial charge in [-0.1, -0.05) is 24.3 Å². The molecule has 18 heavy (non-hydrogen) atoms. The number of likely N-dealkylation sites (N-methyl/N-ethyl adjacent to an activating group) is 1. The van der Waals surface area contributed by atoms with E-state index < -0.39 is 0 Å². The zero-order chi connectivity index (χ0) is 13.2. The van der Waals surface area contributed by atoms with Crippen molar-refractivity contribution in [3.05, 3.63) is 35.4 Å². The van der Waals surface area contributed by atoms with Crippen LogP contribution in [0.15, 0.2) is 24.3 Å². The third-order valence-electron chi connectivity index (χ3n) is 4.03. The molecule has 1 heterocycles. The lowest BCUT2D eigenvalue weighted by Gasteiger charge is -2.45. The summed E-state index contributed by atoms with van der Waals surface area (Å²) < 4.78 is 0. The van der Waals surface area contributed by atoms with E-state index in [9.17, 15) is 0 Å². The highest BCUT2D eigenvalue weighted by Gasteiger charge is 2.30. The Bertz CT molecular complexity index is 400. The van der Waals surface area contributed by atoms with Gasteiger partial charge in [0, 0.05) is 38.3 Å². The number of nitrogens with zero attached hydrogens (tertiary/aromatic N) is 2. The van der Waals surface area contributed by atoms with Crippen molar-refractivity contribution < 1.29 is 0 Å². The fourth-order valence-corrected chi connectivity index (χ4v) is 2.59. The lowest BCUT2D eigenvalue weighted by molar-refractivity contribution is 0.0360. The van der Waals surface area contributed by atoms with Crippen LogP contribution >= 0.6 is 0 Å². The van der Waals surface area contributed by atoms with Crippen LogP contribution in [0, 0.1) is 0 Å². The van der Waals surface area contributed by atoms with Crippen LogP contribution in [-0.2, 0) is 13.1 Å². The molecule has 0 amide bonds. The van der Waals surface area contributed by atoms with E-state index in [4.69, 9.17) is 5.73 Å². The molecule has 1 aromatic carbocycles. The topological polar surface area (TPSA) is 32.5 Å². The van der Waals surface area contributed by atoms with Crippen LogP contribution in [0.4, 0.5) is 0 Å². The Morgan fingerprint density at radius 2 is 1.94 bits per heavy atom. The zero-order valence-electron chi connectivity index (χ0n) is 11.8. The molecular formula is C15H25N3. The van der Waals surface area contributed by atoms with Gasteiger partial charge in [0.05, 0.1) is 0 Å². The second-order valence-corrected chi connectivity index (χ2v) is 5.97. The number of hydrogen-bond donors (Lipinski definition) is 1. The zero-order valence-corrected chi connectivity index (χ0v) is 11.8. The highest BCUT2D eigenvalue weighted by atomic mass is 15.3. The van der Waals surface area contributed by atoms with Crippen LogP contribution in [0.2, 0.25) is 0 Å². The Kier molecular flexibility index (Phi) is 4.05. The first-order valence-electron chi connectivity index (χ1n) is 6.73. The molecule has 2 N–H and O–H groups in total. The van der Waals surface area contributed by atoms with E-state index in [2.05, 4.69) is 55.0 Å². The summed E-state index contributed by atoms with van der Waals surface area (Å²) in [6.07, 6.45) is 0. The first kappa shape index (κ1) is 13.5. The Balaban J connectivity index is 2.01. The van der Waals surface area contributed by atoms with Crippen molar-refractivity contribution in [1.29, 1.82) is 0 Å². The molecule has 1 aromatic rings. The van der Waals surface area contributed by atoms with Gasteiger partial charge in [-0.05, 0) is 32.0 Å². The van der Waals surface area contributed by atoms with Crippen LogP contribution in [-0.4, -0.2) is 42.0 Å². The SMILES string of the molecule is CN1CCN(Cc2cccc(CN)c2)CC1(C)C. The van der Waals surface area contributed by atoms with Crippen molar-refractivity contribution in [3.8, 4) is 0 Å². The lowest BCUT2D eigenvalue weighted by Crippen LogP contribution is -2.57. The van der Waals surface area contributed by atoms with Crippen molar-refractivity contribution in [3.63, 3.8) is 0 Å². The van der Waals surface area contributed by atoms with Gasteiger partial charge in [0.1, 0.15) is 0 Å². The molecule has 3 nitrogen and oxygen atoms in total. The third kappa shape index (κ3) is 3.10. The van der Waals surface area contributed by atoms with Gasteiger partial charge in [0.25, 0.3) is 0 Å². The van der Waals surface area contributed by atoms with Crippen molar-refractivity contribution in [2.24, 2.45) is 5.73 Å². The minimum absolute atomic E-state index is 0.268. The molecule has 0 saturated carbocycles. The van der Waals surface area contributed by atoms with Gasteiger partial charge in [-0.15, -0.1) is 0 Å². The van der Waals surface area contributed by atoms with Crippen LogP contribution in [0.1, 0.15) is 25.0 Å². The average molecular weight is 247 g/mol. The predicted molar refractivity (Wildman–Crippen MR) is 76.3 cm³/mol. The molecule has 1 fully saturated rings. The van der Waals surface area contributed by atoms with Crippen LogP contribution in [0.3, 0.4) is 0 Å². The summed E-state index contributed by atoms with van der Waals surface area (Å²) in [5, 5.41) is 0. The summed E-state index contributed by atoms with van der Waals surface area (Å²) in [6.45, 7) is 9.70. The molecule has 0 bridgehead atoms. The molecule has 0 spiro atoms. The molecule has 1 aliphatic heterocycles. The molecule has 1 aliphatic rings. The van der Waals surface area contributed by atoms with Gasteiger partial charge in [-0.2, -0.15) is 0 Å². The summed E-state index contributed by atoms with van der Waals surface area (Å²) >= 11 is 0. The van der Waals surface area contributed by atoms with Gasteiger partial charge in [0.15, 0.2) is 0 Å². The maximum Gasteiger partial charge on any atom is 0.0277 e. The molecular weight excluding hydrogens is 222 g/mol. The number of nitrogens with two attached hydrogens (primary N) is 1. The number of piperazine rings is 1. The van der Waals surface area contributed by atoms with Gasteiger partial charge in [0.2, 0.25) is 0 Å². The van der Waals surface area contributed by atoms with Gasteiger partial charge in [-0.3, -0.25) is 9.80 Å². The summed E-state index contributed by atoms with van der Waals surface area (Å²) in [5.41, 5.74) is 8.56. The molecule has 1 saturated heterocycles. The van der Waals surface area contributed by atoms with E-state index in [1.807, 2.05) is 0 Å². The highest BCUT2D eigenvalue weighted by molar-refractivity contribution is 5.23. The smallest absolute Gasteiger partial charge is 0.0277 e. The molecule has 0 atom stereocenters. The normalized spacial score (nSPS) is 21.1. The summed E-state index contributed by atoms with van der Waals surface area (Å²) in [5.74, 6) is 0. The predicted octanol–water partition coefficient (Wildman–Crippen LogP) is 1.67. The molecule has 3 heteroatoms. The van der Waals surface area contributed by atoms with Crippen LogP contribution in [0.25, 0.3) is 0 Å². The standard InChI is InChI=1S/C15H25N3/c1-15(2)12-18(8-7-17(15)3)11-14-6-4-5-13(9-14)10-16/h4-6,9H,7-8,10-12,16H2,1-3H3. The Hall–Kier alpha value is -0.900. The number of rotatable bonds is 3. The fraction of sp³-hybridized carbons (Fsp3) is 0.600. The largest absolute Gasteiger partial charge is 0.326 e. The summed E-state index contributed by atoms with van der Waals surface area (Å²) in [7, 11) is 2.21. The fourth-order valence-electron chi connectivity index (χ4n) is 2.59. The summed E-state index contributed by atoms with van der Waals surface area (Å²) in [6, 6.07) is 8.63. The molecule has 0 radical (unpaired) electrons. The van der Waals surface area contributed by atoms with Gasteiger partial charge < -0.3 is 5.73 Å². The Morgan fingerprint density at radius 3 is 2.61 bits per heavy atom. The maximum atomic E-state index is 5.69. The molecule has 100 valence electrons. The van der Waals surface area contributed by atoms with E-state index in [1.165, 1.54) is 11.1 Å². The van der Waals surface area contributed by atoms with E-state index in [-0.39, 0.29) is 5.54 Å². The number of benzene rings is 1. The molecule has 0 unspecified atom stereocenters. The third-order valence-corrected chi connectivity index (χ3v) is 4.03. The van der Waals surface area contributed by atoms with E-state index >= 15 is 0 Å². The lowest BCUT2D eigenvalue weighted by atomic mass is 9.99. The Morgan fingerprint density at radius 1 is 1.22 bits per heavy atom. The minimum atomic E-state index is 0.268. The minimum Gasteiger partial charge on any atom is -0.326 e. The van der Waals surface area contributed by atoms with E-state index in [1.54, 1.807) is 0 Å². The second kappa shape index (κ2) is 5.39. The van der Waals surface area contributed by atoms with E-state index in [0.717, 1.165) is 26.2 Å². The van der Waals surface area contributed by atoms with Crippen molar-refractivity contribution in [1.82, 2.24) is 9.80 Å². The maximum absolute atomic E-state index is 5.69. The molecule has 0 aliphatic carbocycles. The molecule has 2 rings (SSSR count). The molecule has 0 aromatic heterocycles. The monoisotopic (exact) mass is 247 g/mol. The summed E-state index contributed by atoms with van der Waals surface area (Å²) in [4.78, 5) is 4.98. The second-order valence-electron chi connectivity index (χ2n) is 5.97.